The molecule has 1 rings (SSSR count). The molecule has 0 nitrogen and oxygen atoms in total. The van der Waals surface area contributed by atoms with Crippen molar-refractivity contribution in [3.63, 3.8) is 0 Å². The first kappa shape index (κ1) is 29.2. The first-order valence-corrected chi connectivity index (χ1v) is 13.8. The van der Waals surface area contributed by atoms with Gasteiger partial charge in [0.05, 0.1) is 0 Å². The van der Waals surface area contributed by atoms with Gasteiger partial charge in [-0.05, 0) is 0 Å². The van der Waals surface area contributed by atoms with E-state index in [1.807, 2.05) is 0 Å². The second kappa shape index (κ2) is 26.2. The molecule has 0 aliphatic heterocycles. The van der Waals surface area contributed by atoms with Gasteiger partial charge in [0.1, 0.15) is 0 Å². The Morgan fingerprint density at radius 2 is 0.821 bits per heavy atom. The van der Waals surface area contributed by atoms with E-state index in [0.717, 1.165) is 4.59 Å². The molecule has 0 aromatic carbocycles. The van der Waals surface area contributed by atoms with Crippen LogP contribution in [0.5, 0.6) is 0 Å². The molecule has 0 aromatic rings. The minimum atomic E-state index is 1.04. The fourth-order valence-corrected chi connectivity index (χ4v) is 4.46. The maximum atomic E-state index is 2.36. The van der Waals surface area contributed by atoms with E-state index in [1.165, 1.54) is 153 Å². The zero-order chi connectivity index (χ0) is 20.5. The maximum absolute atomic E-state index is 2.36. The molecule has 28 heavy (non-hydrogen) atoms. The van der Waals surface area contributed by atoms with E-state index in [2.05, 4.69) is 42.4 Å². The van der Waals surface area contributed by atoms with E-state index in [4.69, 9.17) is 0 Å². The monoisotopic (exact) mass is 378 g/mol. The summed E-state index contributed by atoms with van der Waals surface area (Å²) < 4.78 is 1.04. The zero-order valence-corrected chi connectivity index (χ0v) is 20.5. The van der Waals surface area contributed by atoms with Gasteiger partial charge in [0, 0.05) is 0 Å². The molecule has 0 bridgehead atoms. The van der Waals surface area contributed by atoms with Gasteiger partial charge in [0.15, 0.2) is 0 Å². The number of hydrogen-bond donors (Lipinski definition) is 0. The summed E-state index contributed by atoms with van der Waals surface area (Å²) in [5.41, 5.74) is 0. The summed E-state index contributed by atoms with van der Waals surface area (Å²) in [6.07, 6.45) is 34.0. The predicted octanol–water partition coefficient (Wildman–Crippen LogP) is 9.52. The van der Waals surface area contributed by atoms with Crippen LogP contribution in [0, 0.1) is 0 Å². The molecule has 0 N–H and O–H groups in total. The molecule has 158 valence electrons. The fraction of sp³-hybridized carbons (Fsp3) is 1.00. The van der Waals surface area contributed by atoms with Crippen LogP contribution in [0.3, 0.4) is 0 Å². The normalized spacial score (nSPS) is 14.8. The molecule has 1 aliphatic carbocycles. The number of rotatable bonds is 18. The summed E-state index contributed by atoms with van der Waals surface area (Å²) in [6.45, 7) is 2.30. The third kappa shape index (κ3) is 25.2. The molecule has 2 heteroatoms. The van der Waals surface area contributed by atoms with Gasteiger partial charge in [-0.25, -0.2) is 0 Å². The van der Waals surface area contributed by atoms with Gasteiger partial charge in [0.2, 0.25) is 0 Å². The first-order valence-electron chi connectivity index (χ1n) is 13.8. The van der Waals surface area contributed by atoms with E-state index in [9.17, 15) is 0 Å². The van der Waals surface area contributed by atoms with E-state index in [0.29, 0.717) is 0 Å². The van der Waals surface area contributed by atoms with Crippen LogP contribution in [0.15, 0.2) is 0 Å². The molecule has 0 aromatic heterocycles. The second-order valence-corrected chi connectivity index (χ2v) is 9.75. The van der Waals surface area contributed by atoms with E-state index in [-0.39, 0.29) is 0 Å². The van der Waals surface area contributed by atoms with Crippen molar-refractivity contribution in [2.24, 2.45) is 0 Å². The van der Waals surface area contributed by atoms with Gasteiger partial charge in [-0.2, -0.15) is 0 Å². The Labute approximate surface area is 199 Å². The summed E-state index contributed by atoms with van der Waals surface area (Å²) in [6, 6.07) is 0. The molecule has 0 heterocycles. The Morgan fingerprint density at radius 3 is 1.07 bits per heavy atom. The Bertz CT molecular complexity index is 243. The van der Waals surface area contributed by atoms with Crippen molar-refractivity contribution in [1.82, 2.24) is 0 Å². The van der Waals surface area contributed by atoms with Crippen LogP contribution < -0.4 is 0 Å². The molecule has 1 saturated carbocycles. The van der Waals surface area contributed by atoms with Gasteiger partial charge >= 0.3 is 148 Å². The predicted molar refractivity (Wildman–Crippen MR) is 132 cm³/mol. The topological polar surface area (TPSA) is 0 Å². The fourth-order valence-electron chi connectivity index (χ4n) is 4.46. The van der Waals surface area contributed by atoms with Gasteiger partial charge in [-0.15, -0.1) is 0 Å². The van der Waals surface area contributed by atoms with Gasteiger partial charge in [-0.1, -0.05) is 51.9 Å². The quantitative estimate of drug-likeness (QED) is 0.164. The third-order valence-corrected chi connectivity index (χ3v) is 6.60. The second-order valence-electron chi connectivity index (χ2n) is 9.75. The molecule has 1 aliphatic rings. The van der Waals surface area contributed by atoms with Gasteiger partial charge in [-0.3, -0.25) is 0 Å². The molecular weight excluding hydrogens is 326 g/mol. The number of hydrogen-bond acceptors (Lipinski definition) is 0. The summed E-state index contributed by atoms with van der Waals surface area (Å²) in [7, 11) is 0. The van der Waals surface area contributed by atoms with Crippen LogP contribution in [-0.2, 0) is 0 Å². The Kier molecular flexibility index (Phi) is 27.3. The van der Waals surface area contributed by atoms with E-state index in [1.54, 1.807) is 0 Å². The Balaban J connectivity index is 0.000000861. The summed E-state index contributed by atoms with van der Waals surface area (Å²) >= 11 is 4.66. The summed E-state index contributed by atoms with van der Waals surface area (Å²) in [5, 5.41) is 1.37. The molecule has 0 amide bonds. The average molecular weight is 379 g/mol. The van der Waals surface area contributed by atoms with Crippen LogP contribution in [-0.4, -0.2) is 35.4 Å². The molecule has 0 radical (unpaired) electrons. The van der Waals surface area contributed by atoms with Crippen molar-refractivity contribution in [2.75, 3.05) is 0 Å². The van der Waals surface area contributed by atoms with E-state index >= 15 is 0 Å². The Morgan fingerprint density at radius 1 is 0.500 bits per heavy atom. The van der Waals surface area contributed by atoms with Crippen LogP contribution in [0.2, 0.25) is 9.68 Å². The molecule has 0 spiro atoms. The van der Waals surface area contributed by atoms with E-state index < -0.39 is 0 Å². The van der Waals surface area contributed by atoms with Crippen LogP contribution in [0.25, 0.3) is 0 Å². The van der Waals surface area contributed by atoms with Gasteiger partial charge in [0.25, 0.3) is 0 Å². The molecule has 0 unspecified atom stereocenters. The van der Waals surface area contributed by atoms with Crippen molar-refractivity contribution >= 4 is 35.4 Å². The third-order valence-electron chi connectivity index (χ3n) is 6.60. The summed E-state index contributed by atoms with van der Waals surface area (Å²) in [4.78, 5) is 0. The van der Waals surface area contributed by atoms with Crippen molar-refractivity contribution in [3.8, 4) is 0 Å². The average Bonchev–Trinajstić information content (AvgIpc) is 2.71. The molecule has 0 saturated heterocycles. The molecule has 1 fully saturated rings. The van der Waals surface area contributed by atoms with Crippen LogP contribution in [0.1, 0.15) is 155 Å². The SMILES string of the molecule is [Li][CH2]CCCCCCCCCCCCCCCCCCC.[Li][CH]1CCCCC1. The van der Waals surface area contributed by atoms with Crippen molar-refractivity contribution in [2.45, 2.75) is 164 Å². The van der Waals surface area contributed by atoms with Crippen molar-refractivity contribution in [1.29, 1.82) is 0 Å². The Hall–Kier alpha value is 1.19. The first-order chi connectivity index (χ1) is 13.8. The standard InChI is InChI=1S/C20H41.C6H11.2Li/c1-3-5-7-9-11-13-15-17-19-20-18-16-14-12-10-8-6-4-2;1-2-4-6-5-3-1;;/h1,3-20H2,2H3;1H,2-6H2;;. The number of unbranched alkanes of at least 4 members (excludes halogenated alkanes) is 17. The van der Waals surface area contributed by atoms with Crippen molar-refractivity contribution < 1.29 is 0 Å². The van der Waals surface area contributed by atoms with Crippen molar-refractivity contribution in [3.05, 3.63) is 0 Å². The summed E-state index contributed by atoms with van der Waals surface area (Å²) in [5.74, 6) is 0. The minimum absolute atomic E-state index is 1.04. The van der Waals surface area contributed by atoms with Crippen LogP contribution >= 0.6 is 0 Å². The van der Waals surface area contributed by atoms with Crippen LogP contribution in [0.4, 0.5) is 0 Å². The molecular formula is C26H52Li2. The zero-order valence-electron chi connectivity index (χ0n) is 20.5. The van der Waals surface area contributed by atoms with Gasteiger partial charge < -0.3 is 0 Å². The molecule has 0 atom stereocenters.